The monoisotopic (exact) mass is 474 g/mol. The highest BCUT2D eigenvalue weighted by atomic mass is 16.5. The summed E-state index contributed by atoms with van der Waals surface area (Å²) >= 11 is 0. The van der Waals surface area contributed by atoms with Gasteiger partial charge in [-0.15, -0.1) is 0 Å². The molecule has 1 atom stereocenters. The predicted molar refractivity (Wildman–Crippen MR) is 141 cm³/mol. The van der Waals surface area contributed by atoms with E-state index in [1.54, 1.807) is 7.11 Å². The Bertz CT molecular complexity index is 1210. The fraction of sp³-hybridized carbons (Fsp3) is 0.448. The summed E-state index contributed by atoms with van der Waals surface area (Å²) in [6.45, 7) is 12.6. The molecule has 0 saturated heterocycles. The second-order valence-electron chi connectivity index (χ2n) is 10.3. The van der Waals surface area contributed by atoms with E-state index in [1.165, 1.54) is 5.56 Å². The molecular weight excluding hydrogens is 436 g/mol. The number of aromatic nitrogens is 2. The van der Waals surface area contributed by atoms with Crippen LogP contribution in [-0.4, -0.2) is 22.8 Å². The lowest BCUT2D eigenvalue weighted by atomic mass is 9.84. The Morgan fingerprint density at radius 3 is 2.43 bits per heavy atom. The van der Waals surface area contributed by atoms with Crippen LogP contribution in [0.2, 0.25) is 0 Å². The third-order valence-corrected chi connectivity index (χ3v) is 7.55. The van der Waals surface area contributed by atoms with E-state index in [1.807, 2.05) is 29.8 Å². The first kappa shape index (κ1) is 24.8. The lowest BCUT2D eigenvalue weighted by Gasteiger charge is -2.39. The fourth-order valence-electron chi connectivity index (χ4n) is 5.37. The van der Waals surface area contributed by atoms with Crippen molar-refractivity contribution >= 4 is 11.7 Å². The van der Waals surface area contributed by atoms with E-state index in [0.29, 0.717) is 5.56 Å². The van der Waals surface area contributed by atoms with Gasteiger partial charge >= 0.3 is 0 Å². The smallest absolute Gasteiger partial charge is 0.257 e. The molecule has 2 aromatic carbocycles. The Kier molecular flexibility index (Phi) is 6.67. The maximum absolute atomic E-state index is 13.9. The summed E-state index contributed by atoms with van der Waals surface area (Å²) < 4.78 is 7.63. The zero-order valence-electron chi connectivity index (χ0n) is 22.0. The summed E-state index contributed by atoms with van der Waals surface area (Å²) in [6.07, 6.45) is 2.41. The van der Waals surface area contributed by atoms with E-state index >= 15 is 0 Å². The van der Waals surface area contributed by atoms with Gasteiger partial charge in [-0.05, 0) is 58.6 Å². The van der Waals surface area contributed by atoms with Gasteiger partial charge in [-0.3, -0.25) is 4.79 Å². The molecule has 1 aromatic heterocycles. The number of hydrogen-bond acceptors (Lipinski definition) is 4. The maximum atomic E-state index is 13.9. The Hall–Kier alpha value is -3.28. The van der Waals surface area contributed by atoms with Crippen molar-refractivity contribution < 1.29 is 9.53 Å². The van der Waals surface area contributed by atoms with E-state index in [-0.39, 0.29) is 17.5 Å². The van der Waals surface area contributed by atoms with E-state index in [9.17, 15) is 4.79 Å². The molecular formula is C29H38N4O2. The van der Waals surface area contributed by atoms with Gasteiger partial charge in [-0.25, -0.2) is 4.68 Å². The van der Waals surface area contributed by atoms with Gasteiger partial charge in [0.15, 0.2) is 0 Å². The molecule has 2 heterocycles. The van der Waals surface area contributed by atoms with Crippen LogP contribution in [0.15, 0.2) is 48.5 Å². The van der Waals surface area contributed by atoms with E-state index < -0.39 is 5.54 Å². The highest BCUT2D eigenvalue weighted by Crippen LogP contribution is 2.43. The molecule has 6 nitrogen and oxygen atoms in total. The zero-order chi connectivity index (χ0) is 25.4. The number of carbonyl (C=O) groups is 1. The SMILES string of the molecule is CCC(CC)(NC(=O)c1c(C)nn2c1NC(c1ccccc1OC)CC2(C)C)c1ccc(C)cc1. The number of ether oxygens (including phenoxy) is 1. The molecule has 1 aliphatic rings. The number of aryl methyl sites for hydroxylation is 2. The van der Waals surface area contributed by atoms with Crippen LogP contribution in [0.25, 0.3) is 0 Å². The number of hydrogen-bond donors (Lipinski definition) is 2. The van der Waals surface area contributed by atoms with Crippen molar-refractivity contribution in [1.29, 1.82) is 0 Å². The lowest BCUT2D eigenvalue weighted by molar-refractivity contribution is 0.0889. The van der Waals surface area contributed by atoms with Crippen LogP contribution in [-0.2, 0) is 11.1 Å². The van der Waals surface area contributed by atoms with Crippen LogP contribution in [0, 0.1) is 13.8 Å². The first-order valence-electron chi connectivity index (χ1n) is 12.5. The number of anilines is 1. The standard InChI is InChI=1S/C29H38N4O2/c1-8-29(9-2,21-16-14-19(3)15-17-21)31-27(34)25-20(4)32-33-26(25)30-23(18-28(33,5)6)22-12-10-11-13-24(22)35-7/h10-17,23,30H,8-9,18H2,1-7H3,(H,31,34). The minimum Gasteiger partial charge on any atom is -0.496 e. The Labute approximate surface area is 209 Å². The van der Waals surface area contributed by atoms with Crippen LogP contribution in [0.1, 0.15) is 85.7 Å². The van der Waals surface area contributed by atoms with Crippen LogP contribution in [0.3, 0.4) is 0 Å². The molecule has 0 spiro atoms. The topological polar surface area (TPSA) is 68.2 Å². The molecule has 0 saturated carbocycles. The molecule has 6 heteroatoms. The number of nitrogens with one attached hydrogen (secondary N) is 2. The number of methoxy groups -OCH3 is 1. The normalized spacial score (nSPS) is 16.8. The third kappa shape index (κ3) is 4.42. The second kappa shape index (κ2) is 9.40. The largest absolute Gasteiger partial charge is 0.496 e. The molecule has 2 N–H and O–H groups in total. The number of fused-ring (bicyclic) bond motifs is 1. The molecule has 0 radical (unpaired) electrons. The molecule has 1 amide bonds. The molecule has 0 aliphatic carbocycles. The molecule has 0 fully saturated rings. The molecule has 186 valence electrons. The molecule has 3 aromatic rings. The van der Waals surface area contributed by atoms with Crippen molar-refractivity contribution in [3.8, 4) is 5.75 Å². The molecule has 4 rings (SSSR count). The second-order valence-corrected chi connectivity index (χ2v) is 10.3. The van der Waals surface area contributed by atoms with Gasteiger partial charge in [0.1, 0.15) is 17.1 Å². The number of para-hydroxylation sites is 1. The number of rotatable bonds is 7. The molecule has 1 aliphatic heterocycles. The number of carbonyl (C=O) groups excluding carboxylic acids is 1. The van der Waals surface area contributed by atoms with Crippen LogP contribution in [0.4, 0.5) is 5.82 Å². The zero-order valence-corrected chi connectivity index (χ0v) is 22.0. The number of benzene rings is 2. The van der Waals surface area contributed by atoms with Crippen LogP contribution < -0.4 is 15.4 Å². The summed E-state index contributed by atoms with van der Waals surface area (Å²) in [5.41, 5.74) is 4.02. The van der Waals surface area contributed by atoms with Gasteiger partial charge < -0.3 is 15.4 Å². The highest BCUT2D eigenvalue weighted by Gasteiger charge is 2.40. The summed E-state index contributed by atoms with van der Waals surface area (Å²) in [7, 11) is 1.69. The van der Waals surface area contributed by atoms with Gasteiger partial charge in [0.05, 0.1) is 29.9 Å². The summed E-state index contributed by atoms with van der Waals surface area (Å²) in [4.78, 5) is 13.9. The summed E-state index contributed by atoms with van der Waals surface area (Å²) in [5.74, 6) is 1.50. The van der Waals surface area contributed by atoms with Gasteiger partial charge in [-0.2, -0.15) is 5.10 Å². The van der Waals surface area contributed by atoms with Crippen molar-refractivity contribution in [1.82, 2.24) is 15.1 Å². The van der Waals surface area contributed by atoms with E-state index in [4.69, 9.17) is 9.84 Å². The van der Waals surface area contributed by atoms with Crippen molar-refractivity contribution in [3.63, 3.8) is 0 Å². The minimum atomic E-state index is -0.446. The average Bonchev–Trinajstić information content (AvgIpc) is 3.19. The summed E-state index contributed by atoms with van der Waals surface area (Å²) in [6, 6.07) is 16.5. The van der Waals surface area contributed by atoms with Gasteiger partial charge in [0, 0.05) is 5.56 Å². The maximum Gasteiger partial charge on any atom is 0.257 e. The van der Waals surface area contributed by atoms with Crippen molar-refractivity contribution in [2.45, 2.75) is 77.9 Å². The van der Waals surface area contributed by atoms with Crippen molar-refractivity contribution in [2.75, 3.05) is 12.4 Å². The highest BCUT2D eigenvalue weighted by molar-refractivity contribution is 6.00. The van der Waals surface area contributed by atoms with Gasteiger partial charge in [0.2, 0.25) is 0 Å². The number of nitrogens with zero attached hydrogens (tertiary/aromatic N) is 2. The first-order valence-corrected chi connectivity index (χ1v) is 12.5. The Morgan fingerprint density at radius 1 is 1.14 bits per heavy atom. The van der Waals surface area contributed by atoms with Crippen LogP contribution in [0.5, 0.6) is 5.75 Å². The fourth-order valence-corrected chi connectivity index (χ4v) is 5.37. The Balaban J connectivity index is 1.74. The van der Waals surface area contributed by atoms with E-state index in [0.717, 1.165) is 47.7 Å². The van der Waals surface area contributed by atoms with Gasteiger partial charge in [0.25, 0.3) is 5.91 Å². The van der Waals surface area contributed by atoms with Crippen molar-refractivity contribution in [3.05, 3.63) is 76.5 Å². The molecule has 0 bridgehead atoms. The first-order chi connectivity index (χ1) is 16.7. The third-order valence-electron chi connectivity index (χ3n) is 7.55. The quantitative estimate of drug-likeness (QED) is 0.425. The van der Waals surface area contributed by atoms with E-state index in [2.05, 4.69) is 75.6 Å². The average molecular weight is 475 g/mol. The lowest BCUT2D eigenvalue weighted by Crippen LogP contribution is -2.45. The van der Waals surface area contributed by atoms with Gasteiger partial charge in [-0.1, -0.05) is 61.9 Å². The number of amides is 1. The predicted octanol–water partition coefficient (Wildman–Crippen LogP) is 6.25. The molecule has 1 unspecified atom stereocenters. The van der Waals surface area contributed by atoms with Crippen LogP contribution >= 0.6 is 0 Å². The minimum absolute atomic E-state index is 0.00416. The summed E-state index contributed by atoms with van der Waals surface area (Å²) in [5, 5.41) is 11.9. The molecule has 35 heavy (non-hydrogen) atoms. The Morgan fingerprint density at radius 2 is 1.80 bits per heavy atom. The van der Waals surface area contributed by atoms with Crippen molar-refractivity contribution in [2.24, 2.45) is 0 Å².